The van der Waals surface area contributed by atoms with Gasteiger partial charge in [0.05, 0.1) is 52.3 Å². The van der Waals surface area contributed by atoms with Gasteiger partial charge in [0.15, 0.2) is 11.5 Å². The molecular formula is C42H31ClF6N2O6. The van der Waals surface area contributed by atoms with Crippen LogP contribution in [-0.4, -0.2) is 35.3 Å². The van der Waals surface area contributed by atoms with Crippen molar-refractivity contribution in [3.63, 3.8) is 0 Å². The fourth-order valence-corrected chi connectivity index (χ4v) is 9.64. The van der Waals surface area contributed by atoms with Crippen molar-refractivity contribution in [2.24, 2.45) is 23.7 Å². The normalized spacial score (nSPS) is 26.0. The Labute approximate surface area is 326 Å². The van der Waals surface area contributed by atoms with E-state index >= 15 is 4.79 Å². The van der Waals surface area contributed by atoms with Crippen LogP contribution in [0.3, 0.4) is 0 Å². The number of nitrogens with zero attached hydrogens (tertiary/aromatic N) is 2. The van der Waals surface area contributed by atoms with Gasteiger partial charge in [-0.2, -0.15) is 26.3 Å². The van der Waals surface area contributed by atoms with Gasteiger partial charge in [-0.15, -0.1) is 0 Å². The van der Waals surface area contributed by atoms with Gasteiger partial charge < -0.3 is 9.84 Å². The summed E-state index contributed by atoms with van der Waals surface area (Å²) >= 11 is 6.34. The van der Waals surface area contributed by atoms with Gasteiger partial charge in [0.1, 0.15) is 0 Å². The summed E-state index contributed by atoms with van der Waals surface area (Å²) in [4.78, 5) is 60.3. The number of rotatable bonds is 6. The fourth-order valence-electron chi connectivity index (χ4n) is 9.45. The van der Waals surface area contributed by atoms with Gasteiger partial charge >= 0.3 is 12.4 Å². The Bertz CT molecular complexity index is 2350. The largest absolute Gasteiger partial charge is 0.504 e. The van der Waals surface area contributed by atoms with Crippen molar-refractivity contribution in [1.29, 1.82) is 0 Å². The number of phenolic OH excluding ortho intramolecular Hbond substituents is 1. The maximum absolute atomic E-state index is 15.4. The van der Waals surface area contributed by atoms with E-state index in [9.17, 15) is 45.8 Å². The van der Waals surface area contributed by atoms with Crippen molar-refractivity contribution in [2.75, 3.05) is 16.4 Å². The van der Waals surface area contributed by atoms with Crippen LogP contribution >= 0.6 is 11.6 Å². The van der Waals surface area contributed by atoms with Crippen LogP contribution in [0.4, 0.5) is 37.7 Å². The standard InChI is InChI=1S/C42H31ClF6N2O6/c1-2-57-32-13-7-12-29(35(32)52)34-27-14-15-28-33(38(55)50(36(28)53)26-17-22(41(44,45)46)16-23(18-26)42(47,48)49)30(27)20-31-37(54)51(25-11-6-10-24(43)19-25)39(56)40(31,34)21-8-4-3-5-9-21/h3-14,16-19,28,30-31,33-34,52H,2,15,20H2,1H3/t28-,30+,31-,33-,34+,40+/m0/s1. The smallest absolute Gasteiger partial charge is 0.416 e. The number of para-hydroxylation sites is 1. The number of hydrogen-bond acceptors (Lipinski definition) is 6. The van der Waals surface area contributed by atoms with E-state index in [-0.39, 0.29) is 53.3 Å². The van der Waals surface area contributed by atoms with E-state index in [0.717, 1.165) is 4.90 Å². The van der Waals surface area contributed by atoms with Gasteiger partial charge in [0.25, 0.3) is 0 Å². The fraction of sp³-hybridized carbons (Fsp3) is 0.286. The quantitative estimate of drug-likeness (QED) is 0.119. The van der Waals surface area contributed by atoms with E-state index in [1.165, 1.54) is 18.2 Å². The molecule has 2 heterocycles. The number of halogens is 7. The Kier molecular flexibility index (Phi) is 9.06. The molecule has 2 saturated heterocycles. The number of amides is 4. The van der Waals surface area contributed by atoms with Crippen LogP contribution in [0.2, 0.25) is 5.02 Å². The van der Waals surface area contributed by atoms with E-state index < -0.39 is 87.8 Å². The third-order valence-corrected chi connectivity index (χ3v) is 11.9. The van der Waals surface area contributed by atoms with Crippen LogP contribution in [0.25, 0.3) is 0 Å². The zero-order valence-corrected chi connectivity index (χ0v) is 30.5. The maximum atomic E-state index is 15.4. The molecular weight excluding hydrogens is 778 g/mol. The molecule has 4 aromatic rings. The van der Waals surface area contributed by atoms with E-state index in [1.54, 1.807) is 67.6 Å². The van der Waals surface area contributed by atoms with Crippen LogP contribution in [0.1, 0.15) is 47.9 Å². The first-order valence-corrected chi connectivity index (χ1v) is 18.4. The highest BCUT2D eigenvalue weighted by Crippen LogP contribution is 2.66. The molecule has 1 saturated carbocycles. The second-order valence-electron chi connectivity index (χ2n) is 14.5. The summed E-state index contributed by atoms with van der Waals surface area (Å²) in [6.07, 6.45) is -9.24. The van der Waals surface area contributed by atoms with Crippen LogP contribution in [0.15, 0.2) is 103 Å². The highest BCUT2D eigenvalue weighted by Gasteiger charge is 2.70. The predicted octanol–water partition coefficient (Wildman–Crippen LogP) is 8.85. The molecule has 8 nitrogen and oxygen atoms in total. The van der Waals surface area contributed by atoms with Crippen LogP contribution in [0.5, 0.6) is 11.5 Å². The van der Waals surface area contributed by atoms with Crippen LogP contribution in [-0.2, 0) is 36.9 Å². The van der Waals surface area contributed by atoms with Gasteiger partial charge in [-0.25, -0.2) is 9.80 Å². The minimum absolute atomic E-state index is 0.0675. The summed E-state index contributed by atoms with van der Waals surface area (Å²) in [5.74, 6) is -9.69. The number of benzene rings is 4. The summed E-state index contributed by atoms with van der Waals surface area (Å²) < 4.78 is 89.3. The predicted molar refractivity (Wildman–Crippen MR) is 194 cm³/mol. The first-order valence-electron chi connectivity index (χ1n) is 18.0. The SMILES string of the molecule is CCOc1cccc([C@H]2C3=CC[C@@H]4C(=O)N(c5cc(C(F)(F)F)cc(C(F)(F)F)c5)C(=O)[C@@H]4[C@@H]3C[C@H]3C(=O)N(c4cccc(Cl)c4)C(=O)[C@@]23c2ccccc2)c1O. The number of ether oxygens (including phenoxy) is 1. The van der Waals surface area contributed by atoms with Gasteiger partial charge in [-0.05, 0) is 73.7 Å². The molecule has 57 heavy (non-hydrogen) atoms. The zero-order valence-electron chi connectivity index (χ0n) is 29.8. The molecule has 0 unspecified atom stereocenters. The Morgan fingerprint density at radius 2 is 1.44 bits per heavy atom. The first kappa shape index (κ1) is 38.3. The lowest BCUT2D eigenvalue weighted by molar-refractivity contribution is -0.143. The van der Waals surface area contributed by atoms with Crippen molar-refractivity contribution in [2.45, 2.75) is 43.5 Å². The Morgan fingerprint density at radius 3 is 2.07 bits per heavy atom. The molecule has 0 radical (unpaired) electrons. The molecule has 0 aromatic heterocycles. The van der Waals surface area contributed by atoms with Crippen molar-refractivity contribution >= 4 is 46.6 Å². The lowest BCUT2D eigenvalue weighted by Gasteiger charge is -2.50. The number of alkyl halides is 6. The average Bonchev–Trinajstić information content (AvgIpc) is 3.56. The molecule has 8 rings (SSSR count). The molecule has 4 amide bonds. The van der Waals surface area contributed by atoms with Crippen LogP contribution in [0, 0.1) is 23.7 Å². The third-order valence-electron chi connectivity index (χ3n) is 11.6. The first-order chi connectivity index (χ1) is 27.0. The number of hydrogen-bond donors (Lipinski definition) is 1. The Morgan fingerprint density at radius 1 is 0.772 bits per heavy atom. The molecule has 2 aliphatic heterocycles. The Balaban J connectivity index is 1.34. The monoisotopic (exact) mass is 808 g/mol. The molecule has 0 bridgehead atoms. The lowest BCUT2D eigenvalue weighted by Crippen LogP contribution is -2.53. The summed E-state index contributed by atoms with van der Waals surface area (Å²) in [5.41, 5.74) is -4.93. The van der Waals surface area contributed by atoms with Crippen LogP contribution < -0.4 is 14.5 Å². The molecule has 4 aromatic carbocycles. The molecule has 2 aliphatic carbocycles. The second-order valence-corrected chi connectivity index (χ2v) is 14.9. The van der Waals surface area contributed by atoms with Gasteiger partial charge in [0, 0.05) is 16.5 Å². The zero-order chi connectivity index (χ0) is 40.8. The van der Waals surface area contributed by atoms with Gasteiger partial charge in [-0.1, -0.05) is 71.8 Å². The number of carbonyl (C=O) groups excluding carboxylic acids is 4. The van der Waals surface area contributed by atoms with Gasteiger partial charge in [0.2, 0.25) is 23.6 Å². The minimum Gasteiger partial charge on any atom is -0.504 e. The summed E-state index contributed by atoms with van der Waals surface area (Å²) in [5, 5.41) is 12.1. The number of allylic oxidation sites excluding steroid dienone is 2. The molecule has 3 fully saturated rings. The van der Waals surface area contributed by atoms with Crippen molar-refractivity contribution in [1.82, 2.24) is 0 Å². The number of phenols is 1. The number of anilines is 2. The molecule has 294 valence electrons. The Hall–Kier alpha value is -5.63. The minimum atomic E-state index is -5.25. The van der Waals surface area contributed by atoms with Crippen molar-refractivity contribution in [3.05, 3.63) is 130 Å². The molecule has 6 atom stereocenters. The highest BCUT2D eigenvalue weighted by molar-refractivity contribution is 6.32. The number of carbonyl (C=O) groups is 4. The van der Waals surface area contributed by atoms with E-state index in [2.05, 4.69) is 0 Å². The maximum Gasteiger partial charge on any atom is 0.416 e. The van der Waals surface area contributed by atoms with Crippen molar-refractivity contribution < 1.29 is 55.4 Å². The number of imide groups is 2. The third kappa shape index (κ3) is 5.81. The number of fused-ring (bicyclic) bond motifs is 4. The summed E-state index contributed by atoms with van der Waals surface area (Å²) in [6, 6.07) is 19.8. The molecule has 0 spiro atoms. The van der Waals surface area contributed by atoms with E-state index in [1.807, 2.05) is 0 Å². The van der Waals surface area contributed by atoms with Gasteiger partial charge in [-0.3, -0.25) is 19.2 Å². The molecule has 15 heteroatoms. The second kappa shape index (κ2) is 13.5. The molecule has 1 N–H and O–H groups in total. The molecule has 4 aliphatic rings. The van der Waals surface area contributed by atoms with E-state index in [4.69, 9.17) is 16.3 Å². The highest BCUT2D eigenvalue weighted by atomic mass is 35.5. The summed E-state index contributed by atoms with van der Waals surface area (Å²) in [6.45, 7) is 1.85. The average molecular weight is 809 g/mol. The van der Waals surface area contributed by atoms with E-state index in [0.29, 0.717) is 28.2 Å². The lowest BCUT2D eigenvalue weighted by atomic mass is 9.49. The topological polar surface area (TPSA) is 104 Å². The van der Waals surface area contributed by atoms with Crippen molar-refractivity contribution in [3.8, 4) is 11.5 Å². The number of aromatic hydroxyl groups is 1. The summed E-state index contributed by atoms with van der Waals surface area (Å²) in [7, 11) is 0.